The van der Waals surface area contributed by atoms with Crippen molar-refractivity contribution in [3.8, 4) is 0 Å². The SMILES string of the molecule is Cn1ccnc1S/C=C/C(=O)O. The van der Waals surface area contributed by atoms with Crippen LogP contribution in [0.15, 0.2) is 29.0 Å². The van der Waals surface area contributed by atoms with Gasteiger partial charge in [-0.1, -0.05) is 11.8 Å². The molecule has 0 saturated heterocycles. The van der Waals surface area contributed by atoms with Crippen molar-refractivity contribution in [3.05, 3.63) is 23.9 Å². The maximum absolute atomic E-state index is 10.1. The molecule has 1 N–H and O–H groups in total. The first kappa shape index (κ1) is 8.86. The monoisotopic (exact) mass is 184 g/mol. The summed E-state index contributed by atoms with van der Waals surface area (Å²) in [6.07, 6.45) is 4.55. The Labute approximate surface area is 73.9 Å². The summed E-state index contributed by atoms with van der Waals surface area (Å²) in [6.45, 7) is 0. The molecule has 0 bridgehead atoms. The Hall–Kier alpha value is -1.23. The third-order valence-corrected chi connectivity index (χ3v) is 2.04. The highest BCUT2D eigenvalue weighted by Gasteiger charge is 1.95. The van der Waals surface area contributed by atoms with Gasteiger partial charge in [-0.3, -0.25) is 0 Å². The van der Waals surface area contributed by atoms with Gasteiger partial charge in [0.1, 0.15) is 0 Å². The number of carboxylic acid groups (broad SMARTS) is 1. The highest BCUT2D eigenvalue weighted by atomic mass is 32.2. The molecule has 1 aromatic heterocycles. The summed E-state index contributed by atoms with van der Waals surface area (Å²) in [4.78, 5) is 14.1. The number of aryl methyl sites for hydroxylation is 1. The van der Waals surface area contributed by atoms with Gasteiger partial charge in [0.2, 0.25) is 0 Å². The average Bonchev–Trinajstić information content (AvgIpc) is 2.36. The van der Waals surface area contributed by atoms with Crippen molar-refractivity contribution < 1.29 is 9.90 Å². The number of aliphatic carboxylic acids is 1. The Balaban J connectivity index is 2.54. The van der Waals surface area contributed by atoms with Crippen LogP contribution in [0, 0.1) is 0 Å². The van der Waals surface area contributed by atoms with Crippen molar-refractivity contribution in [2.45, 2.75) is 5.16 Å². The number of nitrogens with zero attached hydrogens (tertiary/aromatic N) is 2. The van der Waals surface area contributed by atoms with Gasteiger partial charge in [0.25, 0.3) is 0 Å². The minimum absolute atomic E-state index is 0.771. The van der Waals surface area contributed by atoms with E-state index in [1.165, 1.54) is 17.2 Å². The summed E-state index contributed by atoms with van der Waals surface area (Å²) < 4.78 is 1.82. The van der Waals surface area contributed by atoms with E-state index in [-0.39, 0.29) is 0 Å². The van der Waals surface area contributed by atoms with Crippen LogP contribution in [0.3, 0.4) is 0 Å². The molecule has 1 heterocycles. The molecule has 0 unspecified atom stereocenters. The second-order valence-electron chi connectivity index (χ2n) is 2.08. The number of hydrogen-bond acceptors (Lipinski definition) is 3. The normalized spacial score (nSPS) is 10.8. The van der Waals surface area contributed by atoms with Crippen molar-refractivity contribution in [1.82, 2.24) is 9.55 Å². The van der Waals surface area contributed by atoms with E-state index in [0.29, 0.717) is 0 Å². The summed E-state index contributed by atoms with van der Waals surface area (Å²) in [5, 5.41) is 10.5. The van der Waals surface area contributed by atoms with Gasteiger partial charge < -0.3 is 9.67 Å². The maximum atomic E-state index is 10.1. The summed E-state index contributed by atoms with van der Waals surface area (Å²) in [5.41, 5.74) is 0. The molecule has 0 saturated carbocycles. The molecule has 0 spiro atoms. The third-order valence-electron chi connectivity index (χ3n) is 1.16. The van der Waals surface area contributed by atoms with Crippen LogP contribution in [0.4, 0.5) is 0 Å². The molecule has 0 atom stereocenters. The molecule has 0 amide bonds. The van der Waals surface area contributed by atoms with Crippen LogP contribution in [0.1, 0.15) is 0 Å². The zero-order valence-corrected chi connectivity index (χ0v) is 7.28. The molecule has 1 aromatic rings. The maximum Gasteiger partial charge on any atom is 0.328 e. The number of carboxylic acids is 1. The number of aromatic nitrogens is 2. The lowest BCUT2D eigenvalue weighted by molar-refractivity contribution is -0.131. The molecule has 0 radical (unpaired) electrons. The van der Waals surface area contributed by atoms with Crippen molar-refractivity contribution in [3.63, 3.8) is 0 Å². The van der Waals surface area contributed by atoms with E-state index in [4.69, 9.17) is 5.11 Å². The van der Waals surface area contributed by atoms with E-state index in [2.05, 4.69) is 4.98 Å². The number of rotatable bonds is 3. The Morgan fingerprint density at radius 1 is 1.83 bits per heavy atom. The zero-order chi connectivity index (χ0) is 8.97. The van der Waals surface area contributed by atoms with Gasteiger partial charge in [0.05, 0.1) is 0 Å². The predicted octanol–water partition coefficient (Wildman–Crippen LogP) is 1.11. The first-order chi connectivity index (χ1) is 5.70. The molecule has 5 heteroatoms. The van der Waals surface area contributed by atoms with Crippen molar-refractivity contribution in [1.29, 1.82) is 0 Å². The number of imidazole rings is 1. The molecule has 0 aromatic carbocycles. The largest absolute Gasteiger partial charge is 0.478 e. The number of hydrogen-bond donors (Lipinski definition) is 1. The average molecular weight is 184 g/mol. The van der Waals surface area contributed by atoms with Crippen LogP contribution in [-0.4, -0.2) is 20.6 Å². The molecule has 0 aliphatic rings. The number of thioether (sulfide) groups is 1. The van der Waals surface area contributed by atoms with Gasteiger partial charge in [0, 0.05) is 25.5 Å². The van der Waals surface area contributed by atoms with E-state index in [1.54, 1.807) is 12.4 Å². The first-order valence-electron chi connectivity index (χ1n) is 3.23. The molecule has 1 rings (SSSR count). The summed E-state index contributed by atoms with van der Waals surface area (Å²) in [6, 6.07) is 0. The second kappa shape index (κ2) is 3.96. The topological polar surface area (TPSA) is 55.1 Å². The Bertz CT molecular complexity index is 306. The first-order valence-corrected chi connectivity index (χ1v) is 4.11. The molecule has 64 valence electrons. The molecular formula is C7H8N2O2S. The second-order valence-corrected chi connectivity index (χ2v) is 2.95. The van der Waals surface area contributed by atoms with Gasteiger partial charge in [-0.2, -0.15) is 0 Å². The fourth-order valence-electron chi connectivity index (χ4n) is 0.619. The quantitative estimate of drug-likeness (QED) is 0.564. The lowest BCUT2D eigenvalue weighted by Gasteiger charge is -1.93. The minimum Gasteiger partial charge on any atom is -0.478 e. The number of carbonyl (C=O) groups is 1. The molecule has 0 aliphatic carbocycles. The zero-order valence-electron chi connectivity index (χ0n) is 6.47. The molecule has 12 heavy (non-hydrogen) atoms. The van der Waals surface area contributed by atoms with Crippen molar-refractivity contribution >= 4 is 17.7 Å². The standard InChI is InChI=1S/C7H8N2O2S/c1-9-4-3-8-7(9)12-5-2-6(10)11/h2-5H,1H3,(H,10,11)/b5-2+. The van der Waals surface area contributed by atoms with Crippen LogP contribution in [-0.2, 0) is 11.8 Å². The third kappa shape index (κ3) is 2.43. The van der Waals surface area contributed by atoms with Gasteiger partial charge in [-0.05, 0) is 5.41 Å². The van der Waals surface area contributed by atoms with Gasteiger partial charge >= 0.3 is 5.97 Å². The van der Waals surface area contributed by atoms with Crippen LogP contribution in [0.2, 0.25) is 0 Å². The van der Waals surface area contributed by atoms with Gasteiger partial charge in [0.15, 0.2) is 5.16 Å². The van der Waals surface area contributed by atoms with Crippen LogP contribution in [0.25, 0.3) is 0 Å². The lowest BCUT2D eigenvalue weighted by Crippen LogP contribution is -1.88. The predicted molar refractivity (Wildman–Crippen MR) is 45.8 cm³/mol. The fourth-order valence-corrected chi connectivity index (χ4v) is 1.27. The van der Waals surface area contributed by atoms with E-state index in [0.717, 1.165) is 11.2 Å². The van der Waals surface area contributed by atoms with E-state index in [9.17, 15) is 4.79 Å². The Kier molecular flexibility index (Phi) is 2.93. The van der Waals surface area contributed by atoms with Crippen molar-refractivity contribution in [2.75, 3.05) is 0 Å². The highest BCUT2D eigenvalue weighted by Crippen LogP contribution is 2.14. The summed E-state index contributed by atoms with van der Waals surface area (Å²) in [5.74, 6) is -0.947. The smallest absolute Gasteiger partial charge is 0.328 e. The molecule has 0 aliphatic heterocycles. The minimum atomic E-state index is -0.947. The molecule has 0 fully saturated rings. The van der Waals surface area contributed by atoms with Crippen molar-refractivity contribution in [2.24, 2.45) is 7.05 Å². The van der Waals surface area contributed by atoms with Crippen LogP contribution >= 0.6 is 11.8 Å². The van der Waals surface area contributed by atoms with Gasteiger partial charge in [-0.15, -0.1) is 0 Å². The molecular weight excluding hydrogens is 176 g/mol. The van der Waals surface area contributed by atoms with E-state index < -0.39 is 5.97 Å². The molecule has 4 nitrogen and oxygen atoms in total. The van der Waals surface area contributed by atoms with E-state index >= 15 is 0 Å². The fraction of sp³-hybridized carbons (Fsp3) is 0.143. The lowest BCUT2D eigenvalue weighted by atomic mass is 10.7. The highest BCUT2D eigenvalue weighted by molar-refractivity contribution is 8.02. The Morgan fingerprint density at radius 2 is 2.58 bits per heavy atom. The van der Waals surface area contributed by atoms with E-state index in [1.807, 2.05) is 11.6 Å². The summed E-state index contributed by atoms with van der Waals surface area (Å²) in [7, 11) is 1.85. The van der Waals surface area contributed by atoms with Crippen LogP contribution < -0.4 is 0 Å². The van der Waals surface area contributed by atoms with Gasteiger partial charge in [-0.25, -0.2) is 9.78 Å². The summed E-state index contributed by atoms with van der Waals surface area (Å²) >= 11 is 1.27. The Morgan fingerprint density at radius 3 is 3.08 bits per heavy atom. The van der Waals surface area contributed by atoms with Crippen LogP contribution in [0.5, 0.6) is 0 Å².